The lowest BCUT2D eigenvalue weighted by Gasteiger charge is -2.11. The summed E-state index contributed by atoms with van der Waals surface area (Å²) >= 11 is 0. The van der Waals surface area contributed by atoms with Crippen molar-refractivity contribution >= 4 is 11.8 Å². The van der Waals surface area contributed by atoms with Gasteiger partial charge in [0.2, 0.25) is 5.91 Å². The monoisotopic (exact) mass is 396 g/mol. The van der Waals surface area contributed by atoms with E-state index in [1.165, 1.54) is 18.2 Å². The van der Waals surface area contributed by atoms with Crippen LogP contribution in [0.1, 0.15) is 11.1 Å². The highest BCUT2D eigenvalue weighted by atomic mass is 19.4. The predicted octanol–water partition coefficient (Wildman–Crippen LogP) is 2.35. The Labute approximate surface area is 159 Å². The molecule has 28 heavy (non-hydrogen) atoms. The number of halogens is 3. The van der Waals surface area contributed by atoms with E-state index in [1.54, 1.807) is 30.3 Å². The molecular weight excluding hydrogens is 377 g/mol. The Bertz CT molecular complexity index is 808. The fraction of sp³-hybridized carbons (Fsp3) is 0.263. The van der Waals surface area contributed by atoms with E-state index in [4.69, 9.17) is 10.5 Å². The van der Waals surface area contributed by atoms with Gasteiger partial charge in [-0.25, -0.2) is 0 Å². The standard InChI is InChI=1S/C19H19F3N2O4/c20-19(21,22)12-28-16-3-1-2-14(8-16)10-24-18(26)11-27-15-6-4-13(5-7-15)9-17(23)25/h1-8H,9-12H2,(H2,23,25)(H,24,26). The van der Waals surface area contributed by atoms with E-state index >= 15 is 0 Å². The second-order valence-corrected chi connectivity index (χ2v) is 5.90. The SMILES string of the molecule is NC(=O)Cc1ccc(OCC(=O)NCc2cccc(OCC(F)(F)F)c2)cc1. The highest BCUT2D eigenvalue weighted by molar-refractivity contribution is 5.77. The molecule has 0 saturated heterocycles. The smallest absolute Gasteiger partial charge is 0.422 e. The Balaban J connectivity index is 1.77. The Kier molecular flexibility index (Phi) is 7.25. The highest BCUT2D eigenvalue weighted by Crippen LogP contribution is 2.19. The van der Waals surface area contributed by atoms with Crippen LogP contribution in [0.2, 0.25) is 0 Å². The predicted molar refractivity (Wildman–Crippen MR) is 94.7 cm³/mol. The fourth-order valence-electron chi connectivity index (χ4n) is 2.22. The van der Waals surface area contributed by atoms with Crippen LogP contribution in [0.5, 0.6) is 11.5 Å². The first-order valence-corrected chi connectivity index (χ1v) is 8.26. The Morgan fingerprint density at radius 2 is 1.68 bits per heavy atom. The lowest BCUT2D eigenvalue weighted by molar-refractivity contribution is -0.153. The van der Waals surface area contributed by atoms with Crippen molar-refractivity contribution < 1.29 is 32.2 Å². The van der Waals surface area contributed by atoms with Crippen molar-refractivity contribution in [3.8, 4) is 11.5 Å². The number of benzene rings is 2. The molecule has 6 nitrogen and oxygen atoms in total. The van der Waals surface area contributed by atoms with Gasteiger partial charge < -0.3 is 20.5 Å². The van der Waals surface area contributed by atoms with Crippen LogP contribution in [-0.2, 0) is 22.6 Å². The molecule has 0 heterocycles. The minimum atomic E-state index is -4.42. The molecule has 0 spiro atoms. The molecule has 0 unspecified atom stereocenters. The fourth-order valence-corrected chi connectivity index (χ4v) is 2.22. The maximum Gasteiger partial charge on any atom is 0.422 e. The molecule has 0 atom stereocenters. The molecule has 2 rings (SSSR count). The van der Waals surface area contributed by atoms with Crippen molar-refractivity contribution in [2.24, 2.45) is 5.73 Å². The largest absolute Gasteiger partial charge is 0.484 e. The second-order valence-electron chi connectivity index (χ2n) is 5.90. The van der Waals surface area contributed by atoms with Gasteiger partial charge in [-0.15, -0.1) is 0 Å². The number of primary amides is 1. The molecule has 0 saturated carbocycles. The van der Waals surface area contributed by atoms with E-state index in [0.29, 0.717) is 11.3 Å². The van der Waals surface area contributed by atoms with Crippen molar-refractivity contribution in [3.05, 3.63) is 59.7 Å². The molecule has 2 aromatic rings. The first-order chi connectivity index (χ1) is 13.2. The molecule has 150 valence electrons. The minimum Gasteiger partial charge on any atom is -0.484 e. The molecule has 9 heteroatoms. The highest BCUT2D eigenvalue weighted by Gasteiger charge is 2.28. The van der Waals surface area contributed by atoms with Gasteiger partial charge >= 0.3 is 6.18 Å². The number of hydrogen-bond donors (Lipinski definition) is 2. The van der Waals surface area contributed by atoms with Gasteiger partial charge in [0.15, 0.2) is 13.2 Å². The average molecular weight is 396 g/mol. The number of nitrogens with two attached hydrogens (primary N) is 1. The number of carbonyl (C=O) groups excluding carboxylic acids is 2. The number of carbonyl (C=O) groups is 2. The molecule has 0 aliphatic heterocycles. The zero-order valence-electron chi connectivity index (χ0n) is 14.8. The van der Waals surface area contributed by atoms with E-state index < -0.39 is 24.6 Å². The van der Waals surface area contributed by atoms with E-state index in [2.05, 4.69) is 10.1 Å². The van der Waals surface area contributed by atoms with Crippen molar-refractivity contribution in [2.75, 3.05) is 13.2 Å². The Morgan fingerprint density at radius 1 is 0.964 bits per heavy atom. The van der Waals surface area contributed by atoms with E-state index in [0.717, 1.165) is 5.56 Å². The van der Waals surface area contributed by atoms with Gasteiger partial charge in [0.05, 0.1) is 6.42 Å². The number of amides is 2. The summed E-state index contributed by atoms with van der Waals surface area (Å²) in [6.45, 7) is -1.50. The van der Waals surface area contributed by atoms with Crippen LogP contribution in [0.3, 0.4) is 0 Å². The zero-order valence-corrected chi connectivity index (χ0v) is 14.8. The maximum absolute atomic E-state index is 12.2. The molecular formula is C19H19F3N2O4. The molecule has 0 aromatic heterocycles. The van der Waals surface area contributed by atoms with Crippen LogP contribution in [0.15, 0.2) is 48.5 Å². The first-order valence-electron chi connectivity index (χ1n) is 8.26. The number of hydrogen-bond acceptors (Lipinski definition) is 4. The molecule has 0 fully saturated rings. The zero-order chi connectivity index (χ0) is 20.6. The molecule has 2 aromatic carbocycles. The lowest BCUT2D eigenvalue weighted by atomic mass is 10.1. The lowest BCUT2D eigenvalue weighted by Crippen LogP contribution is -2.28. The third kappa shape index (κ3) is 7.98. The van der Waals surface area contributed by atoms with Crippen LogP contribution >= 0.6 is 0 Å². The number of rotatable bonds is 9. The molecule has 2 amide bonds. The van der Waals surface area contributed by atoms with Gasteiger partial charge in [-0.2, -0.15) is 13.2 Å². The van der Waals surface area contributed by atoms with Gasteiger partial charge in [-0.3, -0.25) is 9.59 Å². The van der Waals surface area contributed by atoms with E-state index in [-0.39, 0.29) is 25.3 Å². The summed E-state index contributed by atoms with van der Waals surface area (Å²) in [4.78, 5) is 22.7. The molecule has 3 N–H and O–H groups in total. The second kappa shape index (κ2) is 9.63. The summed E-state index contributed by atoms with van der Waals surface area (Å²) < 4.78 is 46.5. The van der Waals surface area contributed by atoms with Crippen LogP contribution in [0.4, 0.5) is 13.2 Å². The summed E-state index contributed by atoms with van der Waals surface area (Å²) in [5.74, 6) is -0.328. The average Bonchev–Trinajstić information content (AvgIpc) is 2.63. The quantitative estimate of drug-likeness (QED) is 0.681. The summed E-state index contributed by atoms with van der Waals surface area (Å²) in [5.41, 5.74) is 6.43. The van der Waals surface area contributed by atoms with Gasteiger partial charge in [-0.05, 0) is 35.4 Å². The topological polar surface area (TPSA) is 90.7 Å². The summed E-state index contributed by atoms with van der Waals surface area (Å²) in [6.07, 6.45) is -4.30. The molecule has 0 aliphatic rings. The number of alkyl halides is 3. The number of nitrogens with one attached hydrogen (secondary N) is 1. The summed E-state index contributed by atoms with van der Waals surface area (Å²) in [6, 6.07) is 12.6. The molecule has 0 radical (unpaired) electrons. The maximum atomic E-state index is 12.2. The summed E-state index contributed by atoms with van der Waals surface area (Å²) in [7, 11) is 0. The van der Waals surface area contributed by atoms with Crippen LogP contribution < -0.4 is 20.5 Å². The van der Waals surface area contributed by atoms with Gasteiger partial charge in [-0.1, -0.05) is 24.3 Å². The number of ether oxygens (including phenoxy) is 2. The Morgan fingerprint density at radius 3 is 2.32 bits per heavy atom. The van der Waals surface area contributed by atoms with Crippen molar-refractivity contribution in [2.45, 2.75) is 19.1 Å². The van der Waals surface area contributed by atoms with Crippen LogP contribution in [0.25, 0.3) is 0 Å². The molecule has 0 bridgehead atoms. The van der Waals surface area contributed by atoms with Crippen LogP contribution in [0, 0.1) is 0 Å². The van der Waals surface area contributed by atoms with Gasteiger partial charge in [0, 0.05) is 6.54 Å². The molecule has 0 aliphatic carbocycles. The van der Waals surface area contributed by atoms with Gasteiger partial charge in [0.25, 0.3) is 5.91 Å². The van der Waals surface area contributed by atoms with Crippen LogP contribution in [-0.4, -0.2) is 31.2 Å². The first kappa shape index (κ1) is 21.1. The van der Waals surface area contributed by atoms with Crippen molar-refractivity contribution in [3.63, 3.8) is 0 Å². The van der Waals surface area contributed by atoms with Gasteiger partial charge in [0.1, 0.15) is 11.5 Å². The van der Waals surface area contributed by atoms with Crippen molar-refractivity contribution in [1.82, 2.24) is 5.32 Å². The van der Waals surface area contributed by atoms with E-state index in [9.17, 15) is 22.8 Å². The van der Waals surface area contributed by atoms with Crippen molar-refractivity contribution in [1.29, 1.82) is 0 Å². The Hall–Kier alpha value is -3.23. The normalized spacial score (nSPS) is 11.0. The third-order valence-electron chi connectivity index (χ3n) is 3.46. The minimum absolute atomic E-state index is 0.0661. The van der Waals surface area contributed by atoms with E-state index in [1.807, 2.05) is 0 Å². The third-order valence-corrected chi connectivity index (χ3v) is 3.46. The summed E-state index contributed by atoms with van der Waals surface area (Å²) in [5, 5.41) is 2.60.